The average molecular weight is 706 g/mol. The summed E-state index contributed by atoms with van der Waals surface area (Å²) < 4.78 is 11.8. The number of hydrogen-bond acceptors (Lipinski definition) is 4. The molecule has 0 saturated heterocycles. The Hall–Kier alpha value is -4.96. The molecule has 8 heteroatoms. The predicted octanol–water partition coefficient (Wildman–Crippen LogP) is 8.30. The SMILES string of the molecule is COc1ccc2c(c1)CCc1c-2[nH]c(N=C2N=C(c3ccc(OCC(=O)O)cc3)C(I)=C2c2ccccc2)c1-c1ccccc1. The number of halogens is 1. The smallest absolute Gasteiger partial charge is 0.341 e. The van der Waals surface area contributed by atoms with Gasteiger partial charge < -0.3 is 19.6 Å². The van der Waals surface area contributed by atoms with Crippen LogP contribution in [0.2, 0.25) is 0 Å². The van der Waals surface area contributed by atoms with E-state index in [1.165, 1.54) is 11.1 Å². The summed E-state index contributed by atoms with van der Waals surface area (Å²) in [4.78, 5) is 25.1. The molecule has 2 aliphatic rings. The van der Waals surface area contributed by atoms with Crippen molar-refractivity contribution >= 4 is 51.5 Å². The highest BCUT2D eigenvalue weighted by molar-refractivity contribution is 14.1. The number of benzene rings is 4. The van der Waals surface area contributed by atoms with Crippen molar-refractivity contribution in [3.05, 3.63) is 129 Å². The highest BCUT2D eigenvalue weighted by atomic mass is 127. The Labute approximate surface area is 274 Å². The standard InChI is InChI=1S/C37H28IN3O4/c1-44-27-17-19-28-25(20-27)14-18-29-31(22-8-4-2-5-9-22)36(40-35(28)29)41-37-32(23-10-6-3-7-11-23)33(38)34(39-37)24-12-15-26(16-13-24)45-21-30(42)43/h2-13,15-17,19-20,40H,14,18,21H2,1H3,(H,42,43). The van der Waals surface area contributed by atoms with Crippen LogP contribution in [0.4, 0.5) is 5.82 Å². The van der Waals surface area contributed by atoms with E-state index in [4.69, 9.17) is 24.6 Å². The molecule has 7 nitrogen and oxygen atoms in total. The number of aliphatic carboxylic acids is 1. The summed E-state index contributed by atoms with van der Waals surface area (Å²) in [5.74, 6) is 1.71. The number of fused-ring (bicyclic) bond motifs is 3. The number of aliphatic imine (C=N–C) groups is 2. The molecule has 222 valence electrons. The number of methoxy groups -OCH3 is 1. The van der Waals surface area contributed by atoms with E-state index in [9.17, 15) is 4.79 Å². The first-order chi connectivity index (χ1) is 22.0. The number of carbonyl (C=O) groups is 1. The summed E-state index contributed by atoms with van der Waals surface area (Å²) in [6.45, 7) is -0.394. The maximum absolute atomic E-state index is 10.9. The highest BCUT2D eigenvalue weighted by Crippen LogP contribution is 2.46. The van der Waals surface area contributed by atoms with Crippen LogP contribution >= 0.6 is 22.6 Å². The van der Waals surface area contributed by atoms with Gasteiger partial charge in [0.1, 0.15) is 17.3 Å². The molecule has 2 N–H and O–H groups in total. The predicted molar refractivity (Wildman–Crippen MR) is 186 cm³/mol. The van der Waals surface area contributed by atoms with Crippen LogP contribution in [0.15, 0.2) is 117 Å². The molecule has 0 radical (unpaired) electrons. The van der Waals surface area contributed by atoms with E-state index in [-0.39, 0.29) is 0 Å². The summed E-state index contributed by atoms with van der Waals surface area (Å²) in [7, 11) is 1.70. The zero-order chi connectivity index (χ0) is 30.9. The van der Waals surface area contributed by atoms with Gasteiger partial charge in [-0.05, 0) is 100 Å². The number of nitrogens with one attached hydrogen (secondary N) is 1. The first-order valence-electron chi connectivity index (χ1n) is 14.6. The van der Waals surface area contributed by atoms with Crippen LogP contribution in [0, 0.1) is 0 Å². The van der Waals surface area contributed by atoms with Crippen molar-refractivity contribution < 1.29 is 19.4 Å². The Kier molecular flexibility index (Phi) is 7.81. The third kappa shape index (κ3) is 5.57. The van der Waals surface area contributed by atoms with Crippen molar-refractivity contribution in [2.45, 2.75) is 12.8 Å². The third-order valence-corrected chi connectivity index (χ3v) is 9.06. The van der Waals surface area contributed by atoms with E-state index >= 15 is 0 Å². The van der Waals surface area contributed by atoms with Crippen molar-refractivity contribution in [2.24, 2.45) is 9.98 Å². The van der Waals surface area contributed by atoms with Crippen LogP contribution in [0.3, 0.4) is 0 Å². The Morgan fingerprint density at radius 1 is 0.889 bits per heavy atom. The fraction of sp³-hybridized carbons (Fsp3) is 0.108. The minimum atomic E-state index is -1.02. The molecule has 5 aromatic rings. The van der Waals surface area contributed by atoms with E-state index in [2.05, 4.69) is 76.1 Å². The number of rotatable bonds is 8. The third-order valence-electron chi connectivity index (χ3n) is 8.01. The van der Waals surface area contributed by atoms with Gasteiger partial charge in [-0.15, -0.1) is 0 Å². The monoisotopic (exact) mass is 705 g/mol. The largest absolute Gasteiger partial charge is 0.497 e. The van der Waals surface area contributed by atoms with Crippen LogP contribution in [0.25, 0.3) is 28.0 Å². The Morgan fingerprint density at radius 2 is 1.58 bits per heavy atom. The van der Waals surface area contributed by atoms with Crippen LogP contribution in [0.5, 0.6) is 11.5 Å². The van der Waals surface area contributed by atoms with E-state index in [0.717, 1.165) is 72.8 Å². The minimum absolute atomic E-state index is 0.394. The van der Waals surface area contributed by atoms with E-state index < -0.39 is 12.6 Å². The number of carboxylic acid groups (broad SMARTS) is 1. The van der Waals surface area contributed by atoms with Gasteiger partial charge in [0, 0.05) is 22.3 Å². The Morgan fingerprint density at radius 3 is 2.27 bits per heavy atom. The fourth-order valence-electron chi connectivity index (χ4n) is 5.93. The zero-order valence-electron chi connectivity index (χ0n) is 24.4. The lowest BCUT2D eigenvalue weighted by atomic mass is 9.87. The number of ether oxygens (including phenoxy) is 2. The van der Waals surface area contributed by atoms with E-state index in [1.807, 2.05) is 42.5 Å². The molecule has 0 atom stereocenters. The molecule has 4 aromatic carbocycles. The van der Waals surface area contributed by atoms with Crippen molar-refractivity contribution in [1.82, 2.24) is 4.98 Å². The van der Waals surface area contributed by atoms with Crippen LogP contribution in [-0.2, 0) is 17.6 Å². The zero-order valence-corrected chi connectivity index (χ0v) is 26.5. The highest BCUT2D eigenvalue weighted by Gasteiger charge is 2.29. The molecule has 0 fully saturated rings. The molecule has 7 rings (SSSR count). The second kappa shape index (κ2) is 12.2. The van der Waals surface area contributed by atoms with Gasteiger partial charge >= 0.3 is 5.97 Å². The number of aromatic nitrogens is 1. The lowest BCUT2D eigenvalue weighted by molar-refractivity contribution is -0.139. The van der Waals surface area contributed by atoms with Gasteiger partial charge in [0.25, 0.3) is 0 Å². The number of amidine groups is 1. The van der Waals surface area contributed by atoms with Gasteiger partial charge in [0.15, 0.2) is 12.4 Å². The number of carboxylic acids is 1. The van der Waals surface area contributed by atoms with Gasteiger partial charge in [-0.1, -0.05) is 60.7 Å². The Bertz CT molecular complexity index is 2010. The minimum Gasteiger partial charge on any atom is -0.497 e. The van der Waals surface area contributed by atoms with Crippen molar-refractivity contribution in [3.8, 4) is 33.9 Å². The van der Waals surface area contributed by atoms with Crippen LogP contribution in [-0.4, -0.2) is 41.3 Å². The summed E-state index contributed by atoms with van der Waals surface area (Å²) in [5, 5.41) is 8.97. The number of H-pyrrole nitrogens is 1. The summed E-state index contributed by atoms with van der Waals surface area (Å²) in [6.07, 6.45) is 1.79. The fourth-order valence-corrected chi connectivity index (χ4v) is 6.92. The molecular formula is C37H28IN3O4. The normalized spacial score (nSPS) is 14.6. The summed E-state index contributed by atoms with van der Waals surface area (Å²) >= 11 is 2.36. The summed E-state index contributed by atoms with van der Waals surface area (Å²) in [6, 6.07) is 34.2. The van der Waals surface area contributed by atoms with Gasteiger partial charge in [-0.2, -0.15) is 0 Å². The molecular weight excluding hydrogens is 677 g/mol. The van der Waals surface area contributed by atoms with Crippen LogP contribution < -0.4 is 9.47 Å². The maximum atomic E-state index is 10.9. The molecule has 1 aliphatic heterocycles. The first kappa shape index (κ1) is 28.8. The molecule has 0 bridgehead atoms. The van der Waals surface area contributed by atoms with Gasteiger partial charge in [-0.25, -0.2) is 14.8 Å². The van der Waals surface area contributed by atoms with Crippen molar-refractivity contribution in [2.75, 3.05) is 13.7 Å². The lowest BCUT2D eigenvalue weighted by Crippen LogP contribution is -2.09. The van der Waals surface area contributed by atoms with E-state index in [1.54, 1.807) is 19.2 Å². The van der Waals surface area contributed by atoms with Crippen molar-refractivity contribution in [1.29, 1.82) is 0 Å². The quantitative estimate of drug-likeness (QED) is 0.159. The maximum Gasteiger partial charge on any atom is 0.341 e. The first-order valence-corrected chi connectivity index (χ1v) is 15.6. The molecule has 1 aliphatic carbocycles. The second-order valence-electron chi connectivity index (χ2n) is 10.7. The van der Waals surface area contributed by atoms with Crippen molar-refractivity contribution in [3.63, 3.8) is 0 Å². The number of hydrogen-bond donors (Lipinski definition) is 2. The lowest BCUT2D eigenvalue weighted by Gasteiger charge is -2.18. The average Bonchev–Trinajstić information content (AvgIpc) is 3.61. The summed E-state index contributed by atoms with van der Waals surface area (Å²) in [5.41, 5.74) is 10.6. The van der Waals surface area contributed by atoms with E-state index in [0.29, 0.717) is 11.6 Å². The molecule has 0 unspecified atom stereocenters. The van der Waals surface area contributed by atoms with Gasteiger partial charge in [0.2, 0.25) is 0 Å². The molecule has 2 heterocycles. The van der Waals surface area contributed by atoms with Crippen LogP contribution in [0.1, 0.15) is 22.3 Å². The number of aryl methyl sites for hydroxylation is 1. The second-order valence-corrected chi connectivity index (χ2v) is 11.8. The van der Waals surface area contributed by atoms with Gasteiger partial charge in [0.05, 0.1) is 22.1 Å². The number of allylic oxidation sites excluding steroid dienone is 1. The molecule has 0 amide bonds. The molecule has 0 spiro atoms. The number of aromatic amines is 1. The topological polar surface area (TPSA) is 96.3 Å². The molecule has 1 aromatic heterocycles. The Balaban J connectivity index is 1.38. The molecule has 0 saturated carbocycles. The van der Waals surface area contributed by atoms with Gasteiger partial charge in [-0.3, -0.25) is 0 Å². The number of nitrogens with zero attached hydrogens (tertiary/aromatic N) is 2. The molecule has 45 heavy (non-hydrogen) atoms.